The summed E-state index contributed by atoms with van der Waals surface area (Å²) in [5.74, 6) is -1.07. The summed E-state index contributed by atoms with van der Waals surface area (Å²) in [6, 6.07) is 6.75. The van der Waals surface area contributed by atoms with Crippen LogP contribution in [0, 0.1) is 0 Å². The molecule has 4 bridgehead atoms. The molecule has 53 heavy (non-hydrogen) atoms. The van der Waals surface area contributed by atoms with Gasteiger partial charge in [-0.3, -0.25) is 9.59 Å². The fourth-order valence-electron chi connectivity index (χ4n) is 4.69. The Morgan fingerprint density at radius 1 is 1.04 bits per heavy atom. The van der Waals surface area contributed by atoms with Crippen LogP contribution in [-0.4, -0.2) is 112 Å². The molecule has 1 atom stereocenters. The summed E-state index contributed by atoms with van der Waals surface area (Å²) in [7, 11) is -0.0897. The summed E-state index contributed by atoms with van der Waals surface area (Å²) in [4.78, 5) is 49.3. The average Bonchev–Trinajstić information content (AvgIpc) is 3.07. The van der Waals surface area contributed by atoms with Crippen LogP contribution in [0.5, 0.6) is 0 Å². The Labute approximate surface area is 314 Å². The van der Waals surface area contributed by atoms with Crippen molar-refractivity contribution in [1.29, 1.82) is 0 Å². The number of rotatable bonds is 7. The van der Waals surface area contributed by atoms with Crippen molar-refractivity contribution in [2.75, 3.05) is 65.5 Å². The van der Waals surface area contributed by atoms with Crippen molar-refractivity contribution in [3.63, 3.8) is 0 Å². The van der Waals surface area contributed by atoms with Gasteiger partial charge in [0.2, 0.25) is 0 Å². The SMILES string of the molecule is C=C/C1=C(\C(=C)CN(C)C(=O)OC(C)(C)C)OCCOCCOCCN(CCC(=O)OC(C)(C)C)S(=O)c2ccc(cc2)-c2cnc(N)c(n2)C(=O)N1. The van der Waals surface area contributed by atoms with Gasteiger partial charge in [0.1, 0.15) is 34.6 Å². The van der Waals surface area contributed by atoms with Gasteiger partial charge < -0.3 is 39.6 Å². The number of anilines is 1. The van der Waals surface area contributed by atoms with E-state index in [0.717, 1.165) is 0 Å². The zero-order chi connectivity index (χ0) is 39.3. The first-order valence-electron chi connectivity index (χ1n) is 17.1. The first-order valence-corrected chi connectivity index (χ1v) is 18.2. The number of benzene rings is 1. The fraction of sp³-hybridized carbons (Fsp3) is 0.486. The van der Waals surface area contributed by atoms with E-state index in [1.165, 1.54) is 17.2 Å². The van der Waals surface area contributed by atoms with Crippen LogP contribution < -0.4 is 11.1 Å². The van der Waals surface area contributed by atoms with Gasteiger partial charge in [-0.15, -0.1) is 0 Å². The molecular formula is C37H52N6O9S. The Hall–Kier alpha value is -4.64. The van der Waals surface area contributed by atoms with E-state index in [1.807, 2.05) is 0 Å². The molecule has 3 N–H and O–H groups in total. The normalized spacial score (nSPS) is 18.4. The monoisotopic (exact) mass is 756 g/mol. The van der Waals surface area contributed by atoms with E-state index in [9.17, 15) is 18.6 Å². The third-order valence-electron chi connectivity index (χ3n) is 7.07. The number of amides is 2. The van der Waals surface area contributed by atoms with Crippen molar-refractivity contribution >= 4 is 34.8 Å². The number of hydrogen-bond donors (Lipinski definition) is 2. The summed E-state index contributed by atoms with van der Waals surface area (Å²) in [5, 5.41) is 2.74. The molecule has 1 aromatic heterocycles. The van der Waals surface area contributed by atoms with Crippen molar-refractivity contribution in [1.82, 2.24) is 24.5 Å². The number of carbonyl (C=O) groups is 3. The molecule has 1 aromatic carbocycles. The third-order valence-corrected chi connectivity index (χ3v) is 8.58. The van der Waals surface area contributed by atoms with Gasteiger partial charge in [0.05, 0.1) is 61.9 Å². The molecule has 0 radical (unpaired) electrons. The number of carbonyl (C=O) groups excluding carboxylic acids is 3. The summed E-state index contributed by atoms with van der Waals surface area (Å²) in [6.45, 7) is 19.9. The summed E-state index contributed by atoms with van der Waals surface area (Å²) < 4.78 is 43.8. The summed E-state index contributed by atoms with van der Waals surface area (Å²) >= 11 is 0. The van der Waals surface area contributed by atoms with Crippen molar-refractivity contribution in [2.24, 2.45) is 0 Å². The van der Waals surface area contributed by atoms with Gasteiger partial charge in [-0.2, -0.15) is 0 Å². The highest BCUT2D eigenvalue weighted by molar-refractivity contribution is 7.82. The number of aromatic nitrogens is 2. The molecule has 0 aliphatic carbocycles. The quantitative estimate of drug-likeness (QED) is 0.300. The minimum atomic E-state index is -1.64. The van der Waals surface area contributed by atoms with Crippen LogP contribution in [0.1, 0.15) is 58.5 Å². The molecule has 16 heteroatoms. The van der Waals surface area contributed by atoms with E-state index in [4.69, 9.17) is 29.4 Å². The lowest BCUT2D eigenvalue weighted by Gasteiger charge is -2.26. The number of ether oxygens (including phenoxy) is 5. The molecule has 0 fully saturated rings. The van der Waals surface area contributed by atoms with Crippen LogP contribution in [-0.2, 0) is 39.5 Å². The van der Waals surface area contributed by atoms with Crippen molar-refractivity contribution in [2.45, 2.75) is 64.1 Å². The van der Waals surface area contributed by atoms with E-state index in [0.29, 0.717) is 21.7 Å². The van der Waals surface area contributed by atoms with Crippen LogP contribution in [0.25, 0.3) is 11.3 Å². The minimum absolute atomic E-state index is 0.000834. The lowest BCUT2D eigenvalue weighted by atomic mass is 10.1. The Kier molecular flexibility index (Phi) is 15.7. The average molecular weight is 757 g/mol. The highest BCUT2D eigenvalue weighted by atomic mass is 32.2. The predicted molar refractivity (Wildman–Crippen MR) is 201 cm³/mol. The number of nitrogens with two attached hydrogens (primary N) is 1. The summed E-state index contributed by atoms with van der Waals surface area (Å²) in [6.07, 6.45) is 2.26. The third kappa shape index (κ3) is 14.0. The van der Waals surface area contributed by atoms with Gasteiger partial charge in [-0.1, -0.05) is 25.3 Å². The molecule has 290 valence electrons. The van der Waals surface area contributed by atoms with E-state index in [1.54, 1.807) is 77.2 Å². The maximum atomic E-state index is 13.7. The number of nitrogens with one attached hydrogen (secondary N) is 1. The maximum absolute atomic E-state index is 13.7. The molecule has 0 spiro atoms. The van der Waals surface area contributed by atoms with Gasteiger partial charge in [-0.05, 0) is 59.8 Å². The second-order valence-electron chi connectivity index (χ2n) is 13.9. The molecule has 1 unspecified atom stereocenters. The van der Waals surface area contributed by atoms with Gasteiger partial charge >= 0.3 is 12.1 Å². The second kappa shape index (κ2) is 19.4. The number of esters is 1. The number of likely N-dealkylation sites (N-methyl/N-ethyl adjacent to an activating group) is 1. The van der Waals surface area contributed by atoms with Crippen LogP contribution in [0.15, 0.2) is 71.6 Å². The number of fused-ring (bicyclic) bond motifs is 15. The smallest absolute Gasteiger partial charge is 0.410 e. The number of allylic oxidation sites excluding steroid dienone is 1. The van der Waals surface area contributed by atoms with Crippen molar-refractivity contribution in [3.05, 3.63) is 72.4 Å². The minimum Gasteiger partial charge on any atom is -0.489 e. The maximum Gasteiger partial charge on any atom is 0.410 e. The fourth-order valence-corrected chi connectivity index (χ4v) is 5.85. The largest absolute Gasteiger partial charge is 0.489 e. The van der Waals surface area contributed by atoms with E-state index < -0.39 is 40.2 Å². The standard InChI is InChI=1S/C37H52N6O9S/c1-10-28-32(25(2)24-42(9)35(46)52-37(6,7)8)50-22-21-49-20-19-48-18-17-43(16-15-30(44)51-36(3,4)5)53(47)27-13-11-26(12-14-27)29-23-39-33(38)31(40-29)34(45)41-28/h10-14,23H,1-2,15-22,24H2,3-9H3,(H2,38,39)(H,41,45)/b32-28-. The zero-order valence-electron chi connectivity index (χ0n) is 31.7. The first-order chi connectivity index (χ1) is 24.9. The van der Waals surface area contributed by atoms with Gasteiger partial charge in [0.15, 0.2) is 11.5 Å². The van der Waals surface area contributed by atoms with E-state index in [-0.39, 0.29) is 82.1 Å². The number of nitrogens with zero attached hydrogens (tertiary/aromatic N) is 4. The highest BCUT2D eigenvalue weighted by Gasteiger charge is 2.24. The van der Waals surface area contributed by atoms with E-state index in [2.05, 4.69) is 28.4 Å². The lowest BCUT2D eigenvalue weighted by Crippen LogP contribution is -2.36. The Morgan fingerprint density at radius 2 is 1.66 bits per heavy atom. The Balaban J connectivity index is 1.93. The Bertz CT molecular complexity index is 1680. The Morgan fingerprint density at radius 3 is 2.28 bits per heavy atom. The summed E-state index contributed by atoms with van der Waals surface area (Å²) in [5.41, 5.74) is 6.00. The molecule has 2 aromatic rings. The molecule has 4 rings (SSSR count). The van der Waals surface area contributed by atoms with E-state index >= 15 is 0 Å². The molecule has 2 aliphatic heterocycles. The zero-order valence-corrected chi connectivity index (χ0v) is 32.5. The molecule has 0 saturated carbocycles. The topological polar surface area (TPSA) is 185 Å². The first kappa shape index (κ1) is 42.8. The number of nitrogen functional groups attached to an aromatic ring is 1. The molecule has 3 heterocycles. The molecule has 15 nitrogen and oxygen atoms in total. The predicted octanol–water partition coefficient (Wildman–Crippen LogP) is 4.40. The molecule has 2 aliphatic rings. The van der Waals surface area contributed by atoms with Gasteiger partial charge in [0, 0.05) is 31.3 Å². The number of hydrogen-bond acceptors (Lipinski definition) is 12. The second-order valence-corrected chi connectivity index (χ2v) is 15.4. The van der Waals surface area contributed by atoms with Gasteiger partial charge in [-0.25, -0.2) is 23.3 Å². The lowest BCUT2D eigenvalue weighted by molar-refractivity contribution is -0.154. The van der Waals surface area contributed by atoms with Gasteiger partial charge in [0.25, 0.3) is 5.91 Å². The molecule has 2 amide bonds. The molecule has 0 saturated heterocycles. The molecular weight excluding hydrogens is 705 g/mol. The van der Waals surface area contributed by atoms with Crippen molar-refractivity contribution in [3.8, 4) is 11.3 Å². The van der Waals surface area contributed by atoms with Crippen molar-refractivity contribution < 1.29 is 42.3 Å². The highest BCUT2D eigenvalue weighted by Crippen LogP contribution is 2.23. The van der Waals surface area contributed by atoms with Crippen LogP contribution >= 0.6 is 0 Å². The van der Waals surface area contributed by atoms with Crippen LogP contribution in [0.2, 0.25) is 0 Å². The van der Waals surface area contributed by atoms with Crippen LogP contribution in [0.3, 0.4) is 0 Å². The van der Waals surface area contributed by atoms with Crippen LogP contribution in [0.4, 0.5) is 10.6 Å².